The Hall–Kier alpha value is -1.12. The minimum atomic E-state index is -0.0511. The predicted molar refractivity (Wildman–Crippen MR) is 63.8 cm³/mol. The van der Waals surface area contributed by atoms with Crippen molar-refractivity contribution in [2.75, 3.05) is 5.73 Å². The molecule has 0 bridgehead atoms. The molecule has 0 unspecified atom stereocenters. The SMILES string of the molecule is CC(C)(C)c1ncc(C(C)(C)C)c(N)n1. The quantitative estimate of drug-likeness (QED) is 0.711. The molecule has 0 amide bonds. The Morgan fingerprint density at radius 2 is 1.53 bits per heavy atom. The molecule has 0 aliphatic heterocycles. The monoisotopic (exact) mass is 207 g/mol. The zero-order chi connectivity index (χ0) is 11.9. The van der Waals surface area contributed by atoms with Crippen molar-refractivity contribution >= 4 is 5.82 Å². The summed E-state index contributed by atoms with van der Waals surface area (Å²) in [5.41, 5.74) is 6.91. The Bertz CT molecular complexity index is 356. The maximum Gasteiger partial charge on any atom is 0.135 e. The molecule has 0 aliphatic carbocycles. The molecule has 1 aromatic heterocycles. The second-order valence-electron chi connectivity index (χ2n) is 5.99. The fraction of sp³-hybridized carbons (Fsp3) is 0.667. The summed E-state index contributed by atoms with van der Waals surface area (Å²) in [6.45, 7) is 12.6. The molecule has 0 spiro atoms. The summed E-state index contributed by atoms with van der Waals surface area (Å²) in [6.07, 6.45) is 1.85. The maximum atomic E-state index is 5.95. The first-order valence-corrected chi connectivity index (χ1v) is 5.26. The molecular weight excluding hydrogens is 186 g/mol. The van der Waals surface area contributed by atoms with Gasteiger partial charge in [0, 0.05) is 17.2 Å². The van der Waals surface area contributed by atoms with Crippen LogP contribution in [0.2, 0.25) is 0 Å². The number of nitrogen functional groups attached to an aromatic ring is 1. The fourth-order valence-electron chi connectivity index (χ4n) is 1.33. The Morgan fingerprint density at radius 3 is 1.87 bits per heavy atom. The van der Waals surface area contributed by atoms with Gasteiger partial charge in [-0.1, -0.05) is 41.5 Å². The van der Waals surface area contributed by atoms with Gasteiger partial charge in [-0.3, -0.25) is 0 Å². The maximum absolute atomic E-state index is 5.95. The highest BCUT2D eigenvalue weighted by Crippen LogP contribution is 2.27. The van der Waals surface area contributed by atoms with Gasteiger partial charge in [-0.25, -0.2) is 9.97 Å². The Balaban J connectivity index is 3.21. The van der Waals surface area contributed by atoms with Crippen LogP contribution >= 0.6 is 0 Å². The topological polar surface area (TPSA) is 51.8 Å². The molecule has 1 heterocycles. The molecule has 15 heavy (non-hydrogen) atoms. The molecule has 0 aliphatic rings. The van der Waals surface area contributed by atoms with E-state index in [0.717, 1.165) is 11.4 Å². The van der Waals surface area contributed by atoms with Crippen LogP contribution in [-0.2, 0) is 10.8 Å². The van der Waals surface area contributed by atoms with Crippen molar-refractivity contribution in [3.63, 3.8) is 0 Å². The van der Waals surface area contributed by atoms with Gasteiger partial charge in [0.25, 0.3) is 0 Å². The van der Waals surface area contributed by atoms with Crippen LogP contribution < -0.4 is 5.73 Å². The summed E-state index contributed by atoms with van der Waals surface area (Å²) >= 11 is 0. The van der Waals surface area contributed by atoms with E-state index in [9.17, 15) is 0 Å². The van der Waals surface area contributed by atoms with Crippen molar-refractivity contribution in [3.8, 4) is 0 Å². The van der Waals surface area contributed by atoms with Crippen molar-refractivity contribution in [2.45, 2.75) is 52.4 Å². The average Bonchev–Trinajstić information content (AvgIpc) is 1.99. The minimum Gasteiger partial charge on any atom is -0.383 e. The summed E-state index contributed by atoms with van der Waals surface area (Å²) in [5, 5.41) is 0. The highest BCUT2D eigenvalue weighted by Gasteiger charge is 2.22. The summed E-state index contributed by atoms with van der Waals surface area (Å²) in [5.74, 6) is 1.40. The van der Waals surface area contributed by atoms with E-state index >= 15 is 0 Å². The third kappa shape index (κ3) is 2.67. The fourth-order valence-corrected chi connectivity index (χ4v) is 1.33. The van der Waals surface area contributed by atoms with Crippen LogP contribution in [-0.4, -0.2) is 9.97 Å². The summed E-state index contributed by atoms with van der Waals surface area (Å²) in [6, 6.07) is 0. The van der Waals surface area contributed by atoms with Crippen LogP contribution in [0.1, 0.15) is 52.9 Å². The van der Waals surface area contributed by atoms with Gasteiger partial charge in [-0.05, 0) is 5.41 Å². The van der Waals surface area contributed by atoms with Gasteiger partial charge in [0.1, 0.15) is 11.6 Å². The van der Waals surface area contributed by atoms with Crippen molar-refractivity contribution in [1.29, 1.82) is 0 Å². The van der Waals surface area contributed by atoms with Crippen molar-refractivity contribution in [3.05, 3.63) is 17.6 Å². The predicted octanol–water partition coefficient (Wildman–Crippen LogP) is 2.65. The normalized spacial score (nSPS) is 12.9. The third-order valence-corrected chi connectivity index (χ3v) is 2.30. The Labute approximate surface area is 92.1 Å². The first-order valence-electron chi connectivity index (χ1n) is 5.26. The number of rotatable bonds is 0. The summed E-state index contributed by atoms with van der Waals surface area (Å²) in [7, 11) is 0. The van der Waals surface area contributed by atoms with E-state index in [1.807, 2.05) is 6.20 Å². The zero-order valence-corrected chi connectivity index (χ0v) is 10.5. The smallest absolute Gasteiger partial charge is 0.135 e. The van der Waals surface area contributed by atoms with E-state index in [-0.39, 0.29) is 10.8 Å². The molecule has 84 valence electrons. The van der Waals surface area contributed by atoms with E-state index in [1.54, 1.807) is 0 Å². The lowest BCUT2D eigenvalue weighted by Crippen LogP contribution is -2.21. The van der Waals surface area contributed by atoms with Crippen LogP contribution in [0, 0.1) is 0 Å². The van der Waals surface area contributed by atoms with Gasteiger partial charge < -0.3 is 5.73 Å². The van der Waals surface area contributed by atoms with Crippen LogP contribution in [0.25, 0.3) is 0 Å². The Morgan fingerprint density at radius 1 is 1.00 bits per heavy atom. The van der Waals surface area contributed by atoms with Crippen molar-refractivity contribution < 1.29 is 0 Å². The van der Waals surface area contributed by atoms with Crippen LogP contribution in [0.4, 0.5) is 5.82 Å². The lowest BCUT2D eigenvalue weighted by atomic mass is 9.88. The summed E-state index contributed by atoms with van der Waals surface area (Å²) < 4.78 is 0. The van der Waals surface area contributed by atoms with E-state index in [2.05, 4.69) is 51.5 Å². The third-order valence-electron chi connectivity index (χ3n) is 2.30. The molecule has 1 rings (SSSR count). The minimum absolute atomic E-state index is 0.000494. The van der Waals surface area contributed by atoms with Gasteiger partial charge in [-0.15, -0.1) is 0 Å². The molecule has 3 nitrogen and oxygen atoms in total. The second-order valence-corrected chi connectivity index (χ2v) is 5.99. The van der Waals surface area contributed by atoms with E-state index in [4.69, 9.17) is 5.73 Å². The molecular formula is C12H21N3. The molecule has 0 fully saturated rings. The molecule has 0 saturated heterocycles. The molecule has 1 aromatic rings. The van der Waals surface area contributed by atoms with Gasteiger partial charge >= 0.3 is 0 Å². The van der Waals surface area contributed by atoms with Gasteiger partial charge in [-0.2, -0.15) is 0 Å². The molecule has 0 saturated carbocycles. The average molecular weight is 207 g/mol. The lowest BCUT2D eigenvalue weighted by Gasteiger charge is -2.23. The number of hydrogen-bond acceptors (Lipinski definition) is 3. The first kappa shape index (κ1) is 12.0. The highest BCUT2D eigenvalue weighted by atomic mass is 15.0. The first-order chi connectivity index (χ1) is 6.62. The van der Waals surface area contributed by atoms with E-state index < -0.39 is 0 Å². The lowest BCUT2D eigenvalue weighted by molar-refractivity contribution is 0.535. The summed E-state index contributed by atoms with van der Waals surface area (Å²) in [4.78, 5) is 8.76. The highest BCUT2D eigenvalue weighted by molar-refractivity contribution is 5.42. The zero-order valence-electron chi connectivity index (χ0n) is 10.5. The number of hydrogen-bond donors (Lipinski definition) is 1. The molecule has 2 N–H and O–H groups in total. The number of nitrogens with zero attached hydrogens (tertiary/aromatic N) is 2. The van der Waals surface area contributed by atoms with Gasteiger partial charge in [0.05, 0.1) is 0 Å². The standard InChI is InChI=1S/C12H21N3/c1-11(2,3)8-7-14-10(12(4,5)6)15-9(8)13/h7H,1-6H3,(H2,13,14,15). The van der Waals surface area contributed by atoms with Crippen molar-refractivity contribution in [2.24, 2.45) is 0 Å². The molecule has 0 atom stereocenters. The van der Waals surface area contributed by atoms with Gasteiger partial charge in [0.15, 0.2) is 0 Å². The number of nitrogens with two attached hydrogens (primary N) is 1. The van der Waals surface area contributed by atoms with Gasteiger partial charge in [0.2, 0.25) is 0 Å². The molecule has 0 aromatic carbocycles. The molecule has 3 heteroatoms. The second kappa shape index (κ2) is 3.47. The van der Waals surface area contributed by atoms with E-state index in [1.165, 1.54) is 0 Å². The number of anilines is 1. The van der Waals surface area contributed by atoms with E-state index in [0.29, 0.717) is 5.82 Å². The largest absolute Gasteiger partial charge is 0.383 e. The Kier molecular flexibility index (Phi) is 2.77. The van der Waals surface area contributed by atoms with Crippen LogP contribution in [0.15, 0.2) is 6.20 Å². The van der Waals surface area contributed by atoms with Crippen molar-refractivity contribution in [1.82, 2.24) is 9.97 Å². The molecule has 0 radical (unpaired) electrons. The van der Waals surface area contributed by atoms with Crippen LogP contribution in [0.5, 0.6) is 0 Å². The van der Waals surface area contributed by atoms with Crippen LogP contribution in [0.3, 0.4) is 0 Å². The number of aromatic nitrogens is 2.